The summed E-state index contributed by atoms with van der Waals surface area (Å²) in [5.41, 5.74) is 0.683. The van der Waals surface area contributed by atoms with Crippen LogP contribution >= 0.6 is 11.6 Å². The van der Waals surface area contributed by atoms with Crippen LogP contribution in [-0.4, -0.2) is 21.1 Å². The number of benzene rings is 1. The normalized spacial score (nSPS) is 18.8. The fraction of sp³-hybridized carbons (Fsp3) is 0.250. The predicted molar refractivity (Wildman–Crippen MR) is 82.9 cm³/mol. The van der Waals surface area contributed by atoms with Gasteiger partial charge in [-0.3, -0.25) is 4.79 Å². The third-order valence-electron chi connectivity index (χ3n) is 3.95. The molecule has 2 atom stereocenters. The highest BCUT2D eigenvalue weighted by Crippen LogP contribution is 2.53. The number of pyridine rings is 1. The number of carbonyl (C=O) groups is 1. The molecule has 1 aliphatic carbocycles. The molecule has 0 N–H and O–H groups in total. The zero-order valence-corrected chi connectivity index (χ0v) is 12.8. The Morgan fingerprint density at radius 2 is 1.95 bits per heavy atom. The van der Waals surface area contributed by atoms with Crippen molar-refractivity contribution in [1.82, 2.24) is 4.98 Å². The Bertz CT molecular complexity index is 628. The lowest BCUT2D eigenvalue weighted by atomic mass is 9.93. The molecule has 3 nitrogen and oxygen atoms in total. The number of carbonyl (C=O) groups excluding carboxylic acids is 1. The van der Waals surface area contributed by atoms with Gasteiger partial charge in [-0.15, -0.1) is 0 Å². The van der Waals surface area contributed by atoms with Crippen molar-refractivity contribution in [3.05, 3.63) is 59.2 Å². The summed E-state index contributed by atoms with van der Waals surface area (Å²) in [5, 5.41) is 0.534. The Morgan fingerprint density at radius 1 is 1.24 bits per heavy atom. The summed E-state index contributed by atoms with van der Waals surface area (Å²) < 4.78 is 12.7. The number of halogens is 1. The summed E-state index contributed by atoms with van der Waals surface area (Å²) in [6, 6.07) is 12.7. The number of hydrogen-bond donors (Lipinski definition) is 0. The molecular formula is C16H14ClNO2S. The van der Waals surface area contributed by atoms with E-state index in [1.54, 1.807) is 24.4 Å². The number of rotatable bonds is 5. The summed E-state index contributed by atoms with van der Waals surface area (Å²) in [6.45, 7) is 0. The maximum Gasteiger partial charge on any atom is 0.245 e. The lowest BCUT2D eigenvalue weighted by molar-refractivity contribution is -0.108. The second kappa shape index (κ2) is 5.79. The van der Waals surface area contributed by atoms with Crippen LogP contribution in [0.5, 0.6) is 0 Å². The first kappa shape index (κ1) is 14.6. The van der Waals surface area contributed by atoms with Crippen molar-refractivity contribution in [2.45, 2.75) is 28.5 Å². The minimum Gasteiger partial charge on any atom is -0.610 e. The largest absolute Gasteiger partial charge is 0.610 e. The van der Waals surface area contributed by atoms with Gasteiger partial charge < -0.3 is 4.55 Å². The molecule has 1 aromatic heterocycles. The molecule has 2 aromatic rings. The molecule has 0 radical (unpaired) electrons. The van der Waals surface area contributed by atoms with Gasteiger partial charge in [0, 0.05) is 28.5 Å². The zero-order valence-electron chi connectivity index (χ0n) is 11.2. The van der Waals surface area contributed by atoms with E-state index in [2.05, 4.69) is 4.98 Å². The van der Waals surface area contributed by atoms with Gasteiger partial charge in [-0.1, -0.05) is 29.8 Å². The standard InChI is InChI=1S/C16H14ClNO2S/c17-13-6-4-12(5-7-13)16(8-9-16)14(11-19)21(20)15-3-1-2-10-18-15/h1-7,10-11,14H,8-9H2. The Morgan fingerprint density at radius 3 is 2.48 bits per heavy atom. The molecule has 0 amide bonds. The topological polar surface area (TPSA) is 53.0 Å². The van der Waals surface area contributed by atoms with Crippen LogP contribution in [0.4, 0.5) is 0 Å². The van der Waals surface area contributed by atoms with E-state index in [1.165, 1.54) is 0 Å². The van der Waals surface area contributed by atoms with Crippen molar-refractivity contribution in [1.29, 1.82) is 0 Å². The molecule has 21 heavy (non-hydrogen) atoms. The zero-order chi connectivity index (χ0) is 14.9. The summed E-state index contributed by atoms with van der Waals surface area (Å²) in [6.07, 6.45) is 4.12. The number of nitrogens with zero attached hydrogens (tertiary/aromatic N) is 1. The van der Waals surface area contributed by atoms with Crippen LogP contribution in [0.2, 0.25) is 5.02 Å². The molecule has 1 aliphatic rings. The molecular weight excluding hydrogens is 306 g/mol. The van der Waals surface area contributed by atoms with Gasteiger partial charge in [-0.05, 0) is 36.6 Å². The number of aldehydes is 1. The van der Waals surface area contributed by atoms with Crippen molar-refractivity contribution in [3.8, 4) is 0 Å². The van der Waals surface area contributed by atoms with E-state index in [1.807, 2.05) is 24.3 Å². The molecule has 2 unspecified atom stereocenters. The second-order valence-electron chi connectivity index (χ2n) is 5.19. The molecule has 1 aromatic carbocycles. The van der Waals surface area contributed by atoms with E-state index in [0.29, 0.717) is 10.0 Å². The van der Waals surface area contributed by atoms with Crippen molar-refractivity contribution in [3.63, 3.8) is 0 Å². The molecule has 0 aliphatic heterocycles. The highest BCUT2D eigenvalue weighted by Gasteiger charge is 2.57. The number of hydrogen-bond acceptors (Lipinski definition) is 3. The third-order valence-corrected chi connectivity index (χ3v) is 5.88. The second-order valence-corrected chi connectivity index (χ2v) is 7.14. The van der Waals surface area contributed by atoms with Crippen LogP contribution in [-0.2, 0) is 21.4 Å². The highest BCUT2D eigenvalue weighted by molar-refractivity contribution is 7.92. The van der Waals surface area contributed by atoms with Gasteiger partial charge in [-0.25, -0.2) is 4.98 Å². The molecule has 0 bridgehead atoms. The maximum atomic E-state index is 12.7. The predicted octanol–water partition coefficient (Wildman–Crippen LogP) is 3.14. The smallest absolute Gasteiger partial charge is 0.245 e. The average molecular weight is 320 g/mol. The lowest BCUT2D eigenvalue weighted by Gasteiger charge is -2.24. The van der Waals surface area contributed by atoms with Crippen LogP contribution < -0.4 is 0 Å². The van der Waals surface area contributed by atoms with Crippen LogP contribution in [0.1, 0.15) is 18.4 Å². The van der Waals surface area contributed by atoms with E-state index >= 15 is 0 Å². The first-order valence-electron chi connectivity index (χ1n) is 6.70. The van der Waals surface area contributed by atoms with Gasteiger partial charge in [0.1, 0.15) is 0 Å². The van der Waals surface area contributed by atoms with Gasteiger partial charge in [0.15, 0.2) is 11.5 Å². The molecule has 5 heteroatoms. The molecule has 3 rings (SSSR count). The molecule has 0 spiro atoms. The van der Waals surface area contributed by atoms with Crippen molar-refractivity contribution >= 4 is 29.1 Å². The van der Waals surface area contributed by atoms with Crippen LogP contribution in [0.25, 0.3) is 0 Å². The lowest BCUT2D eigenvalue weighted by Crippen LogP contribution is -2.36. The van der Waals surface area contributed by atoms with Gasteiger partial charge >= 0.3 is 0 Å². The van der Waals surface area contributed by atoms with Crippen molar-refractivity contribution in [2.75, 3.05) is 0 Å². The Labute approximate surface area is 131 Å². The monoisotopic (exact) mass is 319 g/mol. The third kappa shape index (κ3) is 2.71. The highest BCUT2D eigenvalue weighted by atomic mass is 35.5. The first-order valence-corrected chi connectivity index (χ1v) is 8.29. The van der Waals surface area contributed by atoms with Crippen LogP contribution in [0.15, 0.2) is 53.7 Å². The van der Waals surface area contributed by atoms with E-state index < -0.39 is 16.4 Å². The van der Waals surface area contributed by atoms with Crippen LogP contribution in [0.3, 0.4) is 0 Å². The van der Waals surface area contributed by atoms with E-state index in [0.717, 1.165) is 24.7 Å². The minimum absolute atomic E-state index is 0.339. The summed E-state index contributed by atoms with van der Waals surface area (Å²) in [5.74, 6) is 0. The molecule has 108 valence electrons. The van der Waals surface area contributed by atoms with Gasteiger partial charge in [0.25, 0.3) is 0 Å². The Kier molecular flexibility index (Phi) is 4.02. The van der Waals surface area contributed by atoms with Gasteiger partial charge in [-0.2, -0.15) is 0 Å². The molecule has 1 heterocycles. The number of aromatic nitrogens is 1. The SMILES string of the molecule is O=CC([S+]([O-])c1ccccn1)C1(c2ccc(Cl)cc2)CC1. The summed E-state index contributed by atoms with van der Waals surface area (Å²) >= 11 is 4.47. The minimum atomic E-state index is -1.45. The summed E-state index contributed by atoms with van der Waals surface area (Å²) in [7, 11) is 0. The summed E-state index contributed by atoms with van der Waals surface area (Å²) in [4.78, 5) is 15.7. The van der Waals surface area contributed by atoms with Gasteiger partial charge in [0.05, 0.1) is 5.41 Å². The Balaban J connectivity index is 1.92. The quantitative estimate of drug-likeness (QED) is 0.628. The van der Waals surface area contributed by atoms with Gasteiger partial charge in [0.2, 0.25) is 5.03 Å². The van der Waals surface area contributed by atoms with Crippen LogP contribution in [0, 0.1) is 0 Å². The molecule has 1 saturated carbocycles. The fourth-order valence-electron chi connectivity index (χ4n) is 2.64. The van der Waals surface area contributed by atoms with E-state index in [9.17, 15) is 9.35 Å². The van der Waals surface area contributed by atoms with Crippen molar-refractivity contribution in [2.24, 2.45) is 0 Å². The maximum absolute atomic E-state index is 12.7. The first-order chi connectivity index (χ1) is 10.2. The fourth-order valence-corrected chi connectivity index (χ4v) is 4.28. The average Bonchev–Trinajstić information content (AvgIpc) is 3.31. The van der Waals surface area contributed by atoms with E-state index in [4.69, 9.17) is 11.6 Å². The van der Waals surface area contributed by atoms with E-state index in [-0.39, 0.29) is 5.41 Å². The van der Waals surface area contributed by atoms with Crippen molar-refractivity contribution < 1.29 is 9.35 Å². The Hall–Kier alpha value is -1.36. The molecule has 1 fully saturated rings. The molecule has 0 saturated heterocycles.